The van der Waals surface area contributed by atoms with Crippen LogP contribution in [0.1, 0.15) is 44.1 Å². The molecule has 0 N–H and O–H groups in total. The van der Waals surface area contributed by atoms with Gasteiger partial charge in [-0.2, -0.15) is 0 Å². The molecule has 4 fully saturated rings. The van der Waals surface area contributed by atoms with Crippen LogP contribution in [0.25, 0.3) is 0 Å². The zero-order chi connectivity index (χ0) is 17.1. The molecule has 7 rings (SSSR count). The van der Waals surface area contributed by atoms with Gasteiger partial charge in [0, 0.05) is 24.7 Å². The van der Waals surface area contributed by atoms with Gasteiger partial charge in [0.1, 0.15) is 12.5 Å². The first-order valence-electron chi connectivity index (χ1n) is 10.00. The third kappa shape index (κ3) is 2.59. The second-order valence-corrected chi connectivity index (χ2v) is 8.88. The van der Waals surface area contributed by atoms with Crippen LogP contribution in [0.15, 0.2) is 12.1 Å². The topological polar surface area (TPSA) is 40.2 Å². The second-order valence-electron chi connectivity index (χ2n) is 8.88. The quantitative estimate of drug-likeness (QED) is 0.826. The highest BCUT2D eigenvalue weighted by molar-refractivity contribution is 5.52. The number of nitrogens with zero attached hydrogens (tertiary/aromatic N) is 1. The first kappa shape index (κ1) is 15.6. The largest absolute Gasteiger partial charge is 0.478 e. The third-order valence-corrected chi connectivity index (χ3v) is 6.88. The van der Waals surface area contributed by atoms with Crippen molar-refractivity contribution in [1.82, 2.24) is 4.90 Å². The maximum absolute atomic E-state index is 6.54. The molecule has 2 heterocycles. The molecule has 3 atom stereocenters. The van der Waals surface area contributed by atoms with Gasteiger partial charge < -0.3 is 18.9 Å². The van der Waals surface area contributed by atoms with Gasteiger partial charge in [-0.15, -0.1) is 0 Å². The van der Waals surface area contributed by atoms with E-state index < -0.39 is 0 Å². The normalized spacial score (nSPS) is 34.8. The average molecular weight is 356 g/mol. The van der Waals surface area contributed by atoms with E-state index in [0.717, 1.165) is 48.8 Å². The zero-order valence-electron chi connectivity index (χ0n) is 15.2. The second kappa shape index (κ2) is 5.77. The molecule has 0 amide bonds. The summed E-state index contributed by atoms with van der Waals surface area (Å²) in [5.74, 6) is 6.14. The number of hydrogen-bond donors (Lipinski definition) is 0. The number of fused-ring (bicyclic) bond motifs is 2. The van der Waals surface area contributed by atoms with Crippen LogP contribution >= 0.6 is 0 Å². The summed E-state index contributed by atoms with van der Waals surface area (Å²) in [6.45, 7) is 3.52. The van der Waals surface area contributed by atoms with Gasteiger partial charge in [-0.1, -0.05) is 0 Å². The fourth-order valence-electron chi connectivity index (χ4n) is 6.10. The van der Waals surface area contributed by atoms with Crippen molar-refractivity contribution in [1.29, 1.82) is 0 Å². The van der Waals surface area contributed by atoms with Gasteiger partial charge in [-0.25, -0.2) is 0 Å². The highest BCUT2D eigenvalue weighted by atomic mass is 16.7. The smallest absolute Gasteiger partial charge is 0.231 e. The maximum Gasteiger partial charge on any atom is 0.231 e. The van der Waals surface area contributed by atoms with E-state index in [1.165, 1.54) is 44.1 Å². The van der Waals surface area contributed by atoms with Gasteiger partial charge in [0.25, 0.3) is 0 Å². The SMILES string of the molecule is c1c2c(cc3c1OCO3)OCN(CCOC13C[C]4C[C@H](C[C@H](C4)C1)C3)C2. The van der Waals surface area contributed by atoms with Crippen LogP contribution in [0.5, 0.6) is 17.2 Å². The van der Waals surface area contributed by atoms with Crippen molar-refractivity contribution in [2.75, 3.05) is 26.7 Å². The average Bonchev–Trinajstić information content (AvgIpc) is 3.05. The van der Waals surface area contributed by atoms with E-state index in [-0.39, 0.29) is 5.60 Å². The summed E-state index contributed by atoms with van der Waals surface area (Å²) in [6.07, 6.45) is 8.01. The van der Waals surface area contributed by atoms with Gasteiger partial charge in [0.05, 0.1) is 12.2 Å². The van der Waals surface area contributed by atoms with Crippen LogP contribution < -0.4 is 14.2 Å². The van der Waals surface area contributed by atoms with Crippen LogP contribution in [-0.4, -0.2) is 37.2 Å². The highest BCUT2D eigenvalue weighted by Crippen LogP contribution is 2.58. The molecule has 5 nitrogen and oxygen atoms in total. The highest BCUT2D eigenvalue weighted by Gasteiger charge is 2.51. The van der Waals surface area contributed by atoms with E-state index in [4.69, 9.17) is 18.9 Å². The first-order valence-corrected chi connectivity index (χ1v) is 10.00. The Morgan fingerprint density at radius 2 is 1.85 bits per heavy atom. The van der Waals surface area contributed by atoms with Crippen molar-refractivity contribution in [3.05, 3.63) is 23.6 Å². The minimum atomic E-state index is 0.167. The Morgan fingerprint density at radius 3 is 2.65 bits per heavy atom. The monoisotopic (exact) mass is 356 g/mol. The fraction of sp³-hybridized carbons (Fsp3) is 0.667. The summed E-state index contributed by atoms with van der Waals surface area (Å²) >= 11 is 0. The predicted molar refractivity (Wildman–Crippen MR) is 95.1 cm³/mol. The molecule has 4 saturated carbocycles. The van der Waals surface area contributed by atoms with Crippen LogP contribution in [0.3, 0.4) is 0 Å². The molecule has 1 aromatic carbocycles. The van der Waals surface area contributed by atoms with E-state index in [0.29, 0.717) is 13.5 Å². The molecular formula is C21H26NO4. The third-order valence-electron chi connectivity index (χ3n) is 6.88. The Morgan fingerprint density at radius 1 is 1.04 bits per heavy atom. The minimum absolute atomic E-state index is 0.167. The molecule has 0 spiro atoms. The molecule has 4 bridgehead atoms. The first-order chi connectivity index (χ1) is 12.7. The number of hydrogen-bond acceptors (Lipinski definition) is 5. The van der Waals surface area contributed by atoms with Crippen molar-refractivity contribution in [2.45, 2.75) is 50.7 Å². The molecular weight excluding hydrogens is 330 g/mol. The zero-order valence-corrected chi connectivity index (χ0v) is 15.2. The van der Waals surface area contributed by atoms with Gasteiger partial charge in [0.15, 0.2) is 11.5 Å². The van der Waals surface area contributed by atoms with Crippen LogP contribution in [0.4, 0.5) is 0 Å². The Kier molecular flexibility index (Phi) is 3.46. The summed E-state index contributed by atoms with van der Waals surface area (Å²) < 4.78 is 23.4. The summed E-state index contributed by atoms with van der Waals surface area (Å²) in [4.78, 5) is 2.32. The van der Waals surface area contributed by atoms with Gasteiger partial charge in [-0.3, -0.25) is 4.90 Å². The standard InChI is InChI=1S/C21H26NO4/c1(2-26-21-8-14-3-15(9-21)5-16(4-14)10-21)22-11-17-6-19-20(25-13-24-19)7-18(17)23-12-22/h6-7,14-15H,1-5,8-13H2/t14-,15+,21?. The molecule has 139 valence electrons. The predicted octanol–water partition coefficient (Wildman–Crippen LogP) is 3.51. The molecule has 0 aromatic heterocycles. The lowest BCUT2D eigenvalue weighted by Crippen LogP contribution is -2.52. The summed E-state index contributed by atoms with van der Waals surface area (Å²) in [7, 11) is 0. The fourth-order valence-corrected chi connectivity index (χ4v) is 6.10. The lowest BCUT2D eigenvalue weighted by atomic mass is 9.54. The summed E-state index contributed by atoms with van der Waals surface area (Å²) in [6, 6.07) is 4.01. The summed E-state index contributed by atoms with van der Waals surface area (Å²) in [5, 5.41) is 0. The number of rotatable bonds is 4. The molecule has 1 unspecified atom stereocenters. The van der Waals surface area contributed by atoms with E-state index in [9.17, 15) is 0 Å². The van der Waals surface area contributed by atoms with Crippen molar-refractivity contribution in [3.63, 3.8) is 0 Å². The van der Waals surface area contributed by atoms with Gasteiger partial charge in [0.2, 0.25) is 6.79 Å². The molecule has 6 aliphatic rings. The van der Waals surface area contributed by atoms with E-state index >= 15 is 0 Å². The maximum atomic E-state index is 6.54. The Bertz CT molecular complexity index is 683. The molecule has 4 aliphatic carbocycles. The van der Waals surface area contributed by atoms with Crippen molar-refractivity contribution >= 4 is 0 Å². The molecule has 5 heteroatoms. The Hall–Kier alpha value is -1.46. The molecule has 1 aromatic rings. The van der Waals surface area contributed by atoms with Crippen molar-refractivity contribution < 1.29 is 18.9 Å². The van der Waals surface area contributed by atoms with Crippen molar-refractivity contribution in [3.8, 4) is 17.2 Å². The Balaban J connectivity index is 1.08. The number of ether oxygens (including phenoxy) is 4. The minimum Gasteiger partial charge on any atom is -0.478 e. The Labute approximate surface area is 154 Å². The van der Waals surface area contributed by atoms with E-state index in [1.54, 1.807) is 5.92 Å². The summed E-state index contributed by atoms with van der Waals surface area (Å²) in [5.41, 5.74) is 1.34. The van der Waals surface area contributed by atoms with Crippen LogP contribution in [0.2, 0.25) is 0 Å². The molecule has 2 aliphatic heterocycles. The van der Waals surface area contributed by atoms with E-state index in [1.807, 2.05) is 6.07 Å². The number of benzene rings is 1. The van der Waals surface area contributed by atoms with Crippen LogP contribution in [-0.2, 0) is 11.3 Å². The molecule has 1 radical (unpaired) electrons. The molecule has 26 heavy (non-hydrogen) atoms. The van der Waals surface area contributed by atoms with Gasteiger partial charge >= 0.3 is 0 Å². The lowest BCUT2D eigenvalue weighted by molar-refractivity contribution is -0.137. The van der Waals surface area contributed by atoms with Gasteiger partial charge in [-0.05, 0) is 62.3 Å². The molecule has 0 saturated heterocycles. The van der Waals surface area contributed by atoms with Crippen LogP contribution in [0, 0.1) is 17.8 Å². The van der Waals surface area contributed by atoms with Crippen molar-refractivity contribution in [2.24, 2.45) is 11.8 Å². The lowest BCUT2D eigenvalue weighted by Gasteiger charge is -2.56. The van der Waals surface area contributed by atoms with E-state index in [2.05, 4.69) is 11.0 Å².